The van der Waals surface area contributed by atoms with Crippen molar-refractivity contribution in [2.24, 2.45) is 11.3 Å². The van der Waals surface area contributed by atoms with Gasteiger partial charge in [-0.1, -0.05) is 20.8 Å². The second-order valence-corrected chi connectivity index (χ2v) is 5.87. The molecule has 102 valence electrons. The molecule has 0 bridgehead atoms. The molecule has 0 unspecified atom stereocenters. The predicted octanol–water partition coefficient (Wildman–Crippen LogP) is 2.05. The number of esters is 1. The van der Waals surface area contributed by atoms with E-state index in [2.05, 4.69) is 26.1 Å². The quantitative estimate of drug-likeness (QED) is 0.581. The molecule has 0 heterocycles. The monoisotopic (exact) mass is 253 g/mol. The van der Waals surface area contributed by atoms with Crippen molar-refractivity contribution in [3.63, 3.8) is 0 Å². The Morgan fingerprint density at radius 2 is 1.94 bits per heavy atom. The molecule has 4 nitrogen and oxygen atoms in total. The Kier molecular flexibility index (Phi) is 4.93. The van der Waals surface area contributed by atoms with Crippen molar-refractivity contribution in [2.75, 3.05) is 13.2 Å². The Morgan fingerprint density at radius 3 is 2.39 bits per heavy atom. The van der Waals surface area contributed by atoms with Crippen molar-refractivity contribution in [3.05, 3.63) is 11.8 Å². The zero-order chi connectivity index (χ0) is 13.8. The number of nitrogens with one attached hydrogen (secondary N) is 1. The first-order valence-electron chi connectivity index (χ1n) is 6.50. The molecule has 0 amide bonds. The summed E-state index contributed by atoms with van der Waals surface area (Å²) in [6.07, 6.45) is 3.27. The van der Waals surface area contributed by atoms with Crippen molar-refractivity contribution in [1.29, 1.82) is 0 Å². The lowest BCUT2D eigenvalue weighted by molar-refractivity contribution is -0.139. The van der Waals surface area contributed by atoms with Crippen LogP contribution in [0.5, 0.6) is 0 Å². The SMILES string of the molecule is CCOC(=O)/C(=C/C(=O)C1CC1)NCC(C)(C)C. The van der Waals surface area contributed by atoms with Crippen LogP contribution in [0.2, 0.25) is 0 Å². The largest absolute Gasteiger partial charge is 0.461 e. The molecule has 1 saturated carbocycles. The molecule has 0 radical (unpaired) electrons. The van der Waals surface area contributed by atoms with Crippen molar-refractivity contribution in [2.45, 2.75) is 40.5 Å². The maximum atomic E-state index is 11.7. The van der Waals surface area contributed by atoms with Gasteiger partial charge in [0.1, 0.15) is 5.70 Å². The molecule has 0 aliphatic heterocycles. The summed E-state index contributed by atoms with van der Waals surface area (Å²) in [5.41, 5.74) is 0.317. The van der Waals surface area contributed by atoms with Gasteiger partial charge in [0.15, 0.2) is 5.78 Å². The number of ether oxygens (including phenoxy) is 1. The normalized spacial score (nSPS) is 16.3. The van der Waals surface area contributed by atoms with Gasteiger partial charge < -0.3 is 10.1 Å². The van der Waals surface area contributed by atoms with Crippen LogP contribution in [-0.4, -0.2) is 24.9 Å². The predicted molar refractivity (Wildman–Crippen MR) is 69.9 cm³/mol. The molecule has 1 aliphatic rings. The number of ketones is 1. The standard InChI is InChI=1S/C14H23NO3/c1-5-18-13(17)11(15-9-14(2,3)4)8-12(16)10-6-7-10/h8,10,15H,5-7,9H2,1-4H3/b11-8-. The third-order valence-electron chi connectivity index (χ3n) is 2.57. The number of rotatable bonds is 6. The summed E-state index contributed by atoms with van der Waals surface area (Å²) >= 11 is 0. The summed E-state index contributed by atoms with van der Waals surface area (Å²) in [6, 6.07) is 0. The van der Waals surface area contributed by atoms with Crippen LogP contribution in [-0.2, 0) is 14.3 Å². The minimum Gasteiger partial charge on any atom is -0.461 e. The number of carbonyl (C=O) groups excluding carboxylic acids is 2. The first-order chi connectivity index (χ1) is 8.33. The van der Waals surface area contributed by atoms with Crippen LogP contribution in [0.25, 0.3) is 0 Å². The van der Waals surface area contributed by atoms with E-state index >= 15 is 0 Å². The lowest BCUT2D eigenvalue weighted by atomic mass is 9.97. The molecule has 0 saturated heterocycles. The summed E-state index contributed by atoms with van der Waals surface area (Å²) in [4.78, 5) is 23.5. The molecule has 0 aromatic heterocycles. The summed E-state index contributed by atoms with van der Waals surface area (Å²) in [6.45, 7) is 8.87. The molecule has 18 heavy (non-hydrogen) atoms. The lowest BCUT2D eigenvalue weighted by Crippen LogP contribution is -2.31. The minimum atomic E-state index is -0.448. The zero-order valence-electron chi connectivity index (χ0n) is 11.7. The van der Waals surface area contributed by atoms with Gasteiger partial charge in [0, 0.05) is 18.5 Å². The smallest absolute Gasteiger partial charge is 0.354 e. The Morgan fingerprint density at radius 1 is 1.33 bits per heavy atom. The first kappa shape index (κ1) is 14.7. The minimum absolute atomic E-state index is 0.0273. The third kappa shape index (κ3) is 5.34. The third-order valence-corrected chi connectivity index (χ3v) is 2.57. The number of hydrogen-bond donors (Lipinski definition) is 1. The zero-order valence-corrected chi connectivity index (χ0v) is 11.7. The molecule has 0 aromatic carbocycles. The molecular formula is C14H23NO3. The Balaban J connectivity index is 2.67. The highest BCUT2D eigenvalue weighted by Gasteiger charge is 2.29. The maximum absolute atomic E-state index is 11.7. The molecule has 1 rings (SSSR count). The average molecular weight is 253 g/mol. The van der Waals surface area contributed by atoms with Crippen LogP contribution >= 0.6 is 0 Å². The molecule has 1 aliphatic carbocycles. The van der Waals surface area contributed by atoms with E-state index < -0.39 is 5.97 Å². The highest BCUT2D eigenvalue weighted by Crippen LogP contribution is 2.30. The highest BCUT2D eigenvalue weighted by atomic mass is 16.5. The van der Waals surface area contributed by atoms with E-state index in [9.17, 15) is 9.59 Å². The second kappa shape index (κ2) is 6.03. The molecular weight excluding hydrogens is 230 g/mol. The number of allylic oxidation sites excluding steroid dienone is 1. The van der Waals surface area contributed by atoms with Gasteiger partial charge in [-0.15, -0.1) is 0 Å². The van der Waals surface area contributed by atoms with Gasteiger partial charge >= 0.3 is 5.97 Å². The van der Waals surface area contributed by atoms with E-state index in [1.54, 1.807) is 6.92 Å². The topological polar surface area (TPSA) is 55.4 Å². The lowest BCUT2D eigenvalue weighted by Gasteiger charge is -2.20. The Bertz CT molecular complexity index is 349. The number of hydrogen-bond acceptors (Lipinski definition) is 4. The van der Waals surface area contributed by atoms with Gasteiger partial charge in [-0.3, -0.25) is 4.79 Å². The number of carbonyl (C=O) groups is 2. The summed E-state index contributed by atoms with van der Waals surface area (Å²) < 4.78 is 4.95. The fraction of sp³-hybridized carbons (Fsp3) is 0.714. The van der Waals surface area contributed by atoms with Gasteiger partial charge in [-0.2, -0.15) is 0 Å². The highest BCUT2D eigenvalue weighted by molar-refractivity contribution is 6.00. The van der Waals surface area contributed by atoms with E-state index in [4.69, 9.17) is 4.74 Å². The van der Waals surface area contributed by atoms with Crippen molar-refractivity contribution < 1.29 is 14.3 Å². The van der Waals surface area contributed by atoms with Crippen LogP contribution in [0.1, 0.15) is 40.5 Å². The van der Waals surface area contributed by atoms with Crippen molar-refractivity contribution in [3.8, 4) is 0 Å². The molecule has 0 atom stereocenters. The van der Waals surface area contributed by atoms with Crippen LogP contribution < -0.4 is 5.32 Å². The first-order valence-corrected chi connectivity index (χ1v) is 6.50. The van der Waals surface area contributed by atoms with Crippen LogP contribution in [0, 0.1) is 11.3 Å². The van der Waals surface area contributed by atoms with E-state index in [-0.39, 0.29) is 22.8 Å². The molecule has 1 fully saturated rings. The second-order valence-electron chi connectivity index (χ2n) is 5.87. The van der Waals surface area contributed by atoms with E-state index in [0.717, 1.165) is 12.8 Å². The van der Waals surface area contributed by atoms with Crippen molar-refractivity contribution in [1.82, 2.24) is 5.32 Å². The fourth-order valence-electron chi connectivity index (χ4n) is 1.38. The average Bonchev–Trinajstić information content (AvgIpc) is 3.06. The van der Waals surface area contributed by atoms with Gasteiger partial charge in [0.2, 0.25) is 0 Å². The summed E-state index contributed by atoms with van der Waals surface area (Å²) in [5.74, 6) is -0.305. The Hall–Kier alpha value is -1.32. The van der Waals surface area contributed by atoms with E-state index in [1.165, 1.54) is 6.08 Å². The van der Waals surface area contributed by atoms with Gasteiger partial charge in [-0.05, 0) is 25.2 Å². The maximum Gasteiger partial charge on any atom is 0.354 e. The van der Waals surface area contributed by atoms with Crippen LogP contribution in [0.4, 0.5) is 0 Å². The molecule has 0 spiro atoms. The fourth-order valence-corrected chi connectivity index (χ4v) is 1.38. The molecule has 0 aromatic rings. The van der Waals surface area contributed by atoms with Crippen LogP contribution in [0.3, 0.4) is 0 Å². The molecule has 1 N–H and O–H groups in total. The van der Waals surface area contributed by atoms with Crippen molar-refractivity contribution >= 4 is 11.8 Å². The van der Waals surface area contributed by atoms with Gasteiger partial charge in [-0.25, -0.2) is 4.79 Å². The molecule has 4 heteroatoms. The van der Waals surface area contributed by atoms with Gasteiger partial charge in [0.05, 0.1) is 6.61 Å². The van der Waals surface area contributed by atoms with Crippen LogP contribution in [0.15, 0.2) is 11.8 Å². The van der Waals surface area contributed by atoms with Gasteiger partial charge in [0.25, 0.3) is 0 Å². The summed E-state index contributed by atoms with van der Waals surface area (Å²) in [5, 5.41) is 3.02. The Labute approximate surface area is 109 Å². The van der Waals surface area contributed by atoms with E-state index in [0.29, 0.717) is 13.2 Å². The summed E-state index contributed by atoms with van der Waals surface area (Å²) in [7, 11) is 0. The van der Waals surface area contributed by atoms with E-state index in [1.807, 2.05) is 0 Å².